The molecule has 3 aliphatic carbocycles. The molecular formula is C18H22N2O2. The van der Waals surface area contributed by atoms with Crippen LogP contribution in [0.2, 0.25) is 0 Å². The van der Waals surface area contributed by atoms with Gasteiger partial charge in [-0.1, -0.05) is 19.4 Å². The molecule has 4 nitrogen and oxygen atoms in total. The molecule has 4 heteroatoms. The van der Waals surface area contributed by atoms with Gasteiger partial charge in [-0.05, 0) is 89.2 Å². The van der Waals surface area contributed by atoms with E-state index in [2.05, 4.69) is 17.3 Å². The number of nitroso groups, excluding NO2 is 2. The van der Waals surface area contributed by atoms with Gasteiger partial charge in [0, 0.05) is 0 Å². The molecule has 0 N–H and O–H groups in total. The summed E-state index contributed by atoms with van der Waals surface area (Å²) < 4.78 is 0. The molecule has 0 amide bonds. The van der Waals surface area contributed by atoms with Crippen molar-refractivity contribution >= 4 is 11.4 Å². The van der Waals surface area contributed by atoms with E-state index >= 15 is 0 Å². The summed E-state index contributed by atoms with van der Waals surface area (Å²) in [4.78, 5) is 22.1. The van der Waals surface area contributed by atoms with Crippen LogP contribution < -0.4 is 0 Å². The largest absolute Gasteiger partial charge is 0.145 e. The average molecular weight is 298 g/mol. The molecule has 0 radical (unpaired) electrons. The molecule has 0 heterocycles. The molecule has 4 atom stereocenters. The van der Waals surface area contributed by atoms with Gasteiger partial charge in [0.25, 0.3) is 0 Å². The fraction of sp³-hybridized carbons (Fsp3) is 0.667. The Balaban J connectivity index is 1.77. The van der Waals surface area contributed by atoms with E-state index < -0.39 is 0 Å². The highest BCUT2D eigenvalue weighted by molar-refractivity contribution is 5.69. The average Bonchev–Trinajstić information content (AvgIpc) is 2.95. The van der Waals surface area contributed by atoms with Crippen molar-refractivity contribution in [2.45, 2.75) is 57.8 Å². The second-order valence-electron chi connectivity index (χ2n) is 7.68. The van der Waals surface area contributed by atoms with Gasteiger partial charge in [0.1, 0.15) is 11.4 Å². The van der Waals surface area contributed by atoms with Crippen molar-refractivity contribution in [3.05, 3.63) is 33.1 Å². The van der Waals surface area contributed by atoms with Gasteiger partial charge >= 0.3 is 0 Å². The molecule has 1 aromatic carbocycles. The Morgan fingerprint density at radius 2 is 1.95 bits per heavy atom. The van der Waals surface area contributed by atoms with E-state index in [1.54, 1.807) is 6.07 Å². The summed E-state index contributed by atoms with van der Waals surface area (Å²) in [5.74, 6) is 2.11. The van der Waals surface area contributed by atoms with Crippen LogP contribution in [0.3, 0.4) is 0 Å². The second kappa shape index (κ2) is 4.97. The van der Waals surface area contributed by atoms with Gasteiger partial charge in [-0.3, -0.25) is 0 Å². The summed E-state index contributed by atoms with van der Waals surface area (Å²) in [6, 6.07) is 3.72. The molecule has 2 saturated carbocycles. The normalized spacial score (nSPS) is 36.1. The fourth-order valence-corrected chi connectivity index (χ4v) is 5.81. The second-order valence-corrected chi connectivity index (χ2v) is 7.68. The van der Waals surface area contributed by atoms with Crippen molar-refractivity contribution in [2.75, 3.05) is 0 Å². The topological polar surface area (TPSA) is 58.9 Å². The predicted molar refractivity (Wildman–Crippen MR) is 86.6 cm³/mol. The Morgan fingerprint density at radius 1 is 1.09 bits per heavy atom. The Bertz CT molecular complexity index is 642. The molecule has 2 fully saturated rings. The van der Waals surface area contributed by atoms with E-state index in [0.29, 0.717) is 17.0 Å². The van der Waals surface area contributed by atoms with Crippen LogP contribution >= 0.6 is 0 Å². The summed E-state index contributed by atoms with van der Waals surface area (Å²) in [6.45, 7) is 2.48. The molecule has 0 saturated heterocycles. The van der Waals surface area contributed by atoms with E-state index in [0.717, 1.165) is 30.2 Å². The SMILES string of the molecule is CC12CCCC1C1CCc3c(ccc(N=O)c3N=O)C1CC2. The van der Waals surface area contributed by atoms with Crippen LogP contribution in [0.5, 0.6) is 0 Å². The Morgan fingerprint density at radius 3 is 2.73 bits per heavy atom. The summed E-state index contributed by atoms with van der Waals surface area (Å²) in [7, 11) is 0. The van der Waals surface area contributed by atoms with Gasteiger partial charge in [0.2, 0.25) is 0 Å². The minimum atomic E-state index is 0.203. The number of hydrogen-bond acceptors (Lipinski definition) is 4. The van der Waals surface area contributed by atoms with E-state index in [4.69, 9.17) is 0 Å². The third kappa shape index (κ3) is 1.82. The van der Waals surface area contributed by atoms with Crippen LogP contribution in [0.1, 0.15) is 62.5 Å². The van der Waals surface area contributed by atoms with E-state index in [9.17, 15) is 9.81 Å². The molecule has 4 unspecified atom stereocenters. The number of rotatable bonds is 2. The molecule has 0 spiro atoms. The van der Waals surface area contributed by atoms with Gasteiger partial charge in [-0.2, -0.15) is 0 Å². The van der Waals surface area contributed by atoms with Gasteiger partial charge < -0.3 is 0 Å². The molecule has 22 heavy (non-hydrogen) atoms. The highest BCUT2D eigenvalue weighted by Crippen LogP contribution is 2.61. The first-order valence-corrected chi connectivity index (χ1v) is 8.50. The van der Waals surface area contributed by atoms with E-state index in [1.165, 1.54) is 37.7 Å². The lowest BCUT2D eigenvalue weighted by Crippen LogP contribution is -2.39. The summed E-state index contributed by atoms with van der Waals surface area (Å²) in [5.41, 5.74) is 3.30. The molecule has 0 aliphatic heterocycles. The molecule has 3 aliphatic rings. The minimum Gasteiger partial charge on any atom is -0.145 e. The van der Waals surface area contributed by atoms with E-state index in [1.807, 2.05) is 6.07 Å². The van der Waals surface area contributed by atoms with Crippen LogP contribution in [-0.2, 0) is 6.42 Å². The number of hydrogen-bond donors (Lipinski definition) is 0. The Kier molecular flexibility index (Phi) is 3.17. The summed E-state index contributed by atoms with van der Waals surface area (Å²) in [6.07, 6.45) is 8.60. The monoisotopic (exact) mass is 298 g/mol. The first kappa shape index (κ1) is 14.0. The van der Waals surface area contributed by atoms with Crippen LogP contribution in [0.4, 0.5) is 11.4 Å². The van der Waals surface area contributed by atoms with Crippen molar-refractivity contribution in [1.82, 2.24) is 0 Å². The summed E-state index contributed by atoms with van der Waals surface area (Å²) >= 11 is 0. The lowest BCUT2D eigenvalue weighted by Gasteiger charge is -2.49. The zero-order chi connectivity index (χ0) is 15.3. The maximum atomic E-state index is 11.2. The maximum Gasteiger partial charge on any atom is 0.140 e. The van der Waals surface area contributed by atoms with Crippen LogP contribution in [-0.4, -0.2) is 0 Å². The molecule has 0 bridgehead atoms. The van der Waals surface area contributed by atoms with Crippen LogP contribution in [0.15, 0.2) is 22.5 Å². The highest BCUT2D eigenvalue weighted by atomic mass is 16.3. The lowest BCUT2D eigenvalue weighted by molar-refractivity contribution is 0.0599. The van der Waals surface area contributed by atoms with Crippen LogP contribution in [0, 0.1) is 27.1 Å². The van der Waals surface area contributed by atoms with Gasteiger partial charge in [-0.15, -0.1) is 9.81 Å². The highest BCUT2D eigenvalue weighted by Gasteiger charge is 2.50. The number of fused-ring (bicyclic) bond motifs is 5. The van der Waals surface area contributed by atoms with Crippen LogP contribution in [0.25, 0.3) is 0 Å². The zero-order valence-electron chi connectivity index (χ0n) is 13.0. The summed E-state index contributed by atoms with van der Waals surface area (Å²) in [5, 5.41) is 6.10. The van der Waals surface area contributed by atoms with E-state index in [-0.39, 0.29) is 5.69 Å². The van der Waals surface area contributed by atoms with Gasteiger partial charge in [-0.25, -0.2) is 0 Å². The fourth-order valence-electron chi connectivity index (χ4n) is 5.81. The maximum absolute atomic E-state index is 11.2. The quantitative estimate of drug-likeness (QED) is 0.655. The Hall–Kier alpha value is -1.58. The Labute approximate surface area is 130 Å². The molecule has 4 rings (SSSR count). The molecular weight excluding hydrogens is 276 g/mol. The third-order valence-corrected chi connectivity index (χ3v) is 6.83. The van der Waals surface area contributed by atoms with Crippen molar-refractivity contribution in [3.8, 4) is 0 Å². The van der Waals surface area contributed by atoms with Crippen molar-refractivity contribution in [2.24, 2.45) is 27.6 Å². The first-order chi connectivity index (χ1) is 10.7. The van der Waals surface area contributed by atoms with Crippen molar-refractivity contribution in [1.29, 1.82) is 0 Å². The van der Waals surface area contributed by atoms with Gasteiger partial charge in [0.05, 0.1) is 0 Å². The zero-order valence-corrected chi connectivity index (χ0v) is 13.0. The smallest absolute Gasteiger partial charge is 0.140 e. The standard InChI is InChI=1S/C18H22N2O2/c1-18-9-2-3-15(18)13-4-5-14-11(12(13)8-10-18)6-7-16(19-21)17(14)20-22/h6-7,12-13,15H,2-5,8-10H2,1H3. The lowest BCUT2D eigenvalue weighted by atomic mass is 9.56. The molecule has 116 valence electrons. The minimum absolute atomic E-state index is 0.203. The van der Waals surface area contributed by atoms with Crippen molar-refractivity contribution in [3.63, 3.8) is 0 Å². The predicted octanol–water partition coefficient (Wildman–Crippen LogP) is 5.73. The number of benzene rings is 1. The molecule has 1 aromatic rings. The first-order valence-electron chi connectivity index (χ1n) is 8.50. The number of nitrogens with zero attached hydrogens (tertiary/aromatic N) is 2. The van der Waals surface area contributed by atoms with Gasteiger partial charge in [0.15, 0.2) is 0 Å². The molecule has 0 aromatic heterocycles. The third-order valence-electron chi connectivity index (χ3n) is 6.83. The van der Waals surface area contributed by atoms with Crippen molar-refractivity contribution < 1.29 is 0 Å².